The van der Waals surface area contributed by atoms with Crippen LogP contribution < -0.4 is 4.74 Å². The van der Waals surface area contributed by atoms with Crippen molar-refractivity contribution < 1.29 is 9.84 Å². The number of hydrogen-bond donors (Lipinski definition) is 1. The Morgan fingerprint density at radius 2 is 2.12 bits per heavy atom. The highest BCUT2D eigenvalue weighted by molar-refractivity contribution is 8.00. The predicted octanol–water partition coefficient (Wildman–Crippen LogP) is 3.05. The normalized spacial score (nSPS) is 13.5. The van der Waals surface area contributed by atoms with Crippen LogP contribution in [0.25, 0.3) is 0 Å². The monoisotopic (exact) mass is 255 g/mol. The average Bonchev–Trinajstić information content (AvgIpc) is 2.26. The van der Waals surface area contributed by atoms with Gasteiger partial charge in [-0.1, -0.05) is 20.8 Å². The maximum absolute atomic E-state index is 10.1. The second-order valence-corrected chi connectivity index (χ2v) is 6.67. The van der Waals surface area contributed by atoms with Gasteiger partial charge in [-0.2, -0.15) is 11.8 Å². The SMILES string of the molecule is CCOc1cncc(C(O)CSC(C)(C)C)c1. The van der Waals surface area contributed by atoms with Gasteiger partial charge in [-0.15, -0.1) is 0 Å². The number of nitrogens with zero attached hydrogens (tertiary/aromatic N) is 1. The van der Waals surface area contributed by atoms with Gasteiger partial charge < -0.3 is 9.84 Å². The summed E-state index contributed by atoms with van der Waals surface area (Å²) < 4.78 is 5.52. The zero-order valence-corrected chi connectivity index (χ0v) is 11.8. The number of rotatable bonds is 5. The summed E-state index contributed by atoms with van der Waals surface area (Å²) in [5, 5.41) is 10.1. The Kier molecular flexibility index (Phi) is 5.28. The van der Waals surface area contributed by atoms with Gasteiger partial charge in [0, 0.05) is 22.3 Å². The summed E-state index contributed by atoms with van der Waals surface area (Å²) in [6.45, 7) is 8.95. The van der Waals surface area contributed by atoms with E-state index < -0.39 is 6.10 Å². The first kappa shape index (κ1) is 14.3. The third-order valence-corrected chi connectivity index (χ3v) is 3.45. The molecule has 0 radical (unpaired) electrons. The lowest BCUT2D eigenvalue weighted by Crippen LogP contribution is -2.12. The Bertz CT molecular complexity index is 350. The van der Waals surface area contributed by atoms with Crippen LogP contribution in [0, 0.1) is 0 Å². The van der Waals surface area contributed by atoms with Crippen molar-refractivity contribution in [3.63, 3.8) is 0 Å². The summed E-state index contributed by atoms with van der Waals surface area (Å²) in [6, 6.07) is 1.85. The van der Waals surface area contributed by atoms with Crippen molar-refractivity contribution in [2.45, 2.75) is 38.5 Å². The second-order valence-electron chi connectivity index (χ2n) is 4.83. The summed E-state index contributed by atoms with van der Waals surface area (Å²) in [5.41, 5.74) is 0.813. The van der Waals surface area contributed by atoms with Crippen LogP contribution >= 0.6 is 11.8 Å². The van der Waals surface area contributed by atoms with Crippen LogP contribution in [0.3, 0.4) is 0 Å². The van der Waals surface area contributed by atoms with E-state index in [2.05, 4.69) is 25.8 Å². The summed E-state index contributed by atoms with van der Waals surface area (Å²) >= 11 is 1.74. The van der Waals surface area contributed by atoms with Crippen LogP contribution in [-0.2, 0) is 0 Å². The molecule has 0 aliphatic heterocycles. The zero-order valence-electron chi connectivity index (χ0n) is 10.9. The van der Waals surface area contributed by atoms with Crippen LogP contribution in [-0.4, -0.2) is 27.2 Å². The molecular formula is C13H21NO2S. The van der Waals surface area contributed by atoms with Crippen LogP contribution in [0.4, 0.5) is 0 Å². The predicted molar refractivity (Wildman–Crippen MR) is 72.6 cm³/mol. The molecular weight excluding hydrogens is 234 g/mol. The molecule has 3 nitrogen and oxygen atoms in total. The molecule has 17 heavy (non-hydrogen) atoms. The molecule has 0 aliphatic carbocycles. The van der Waals surface area contributed by atoms with Gasteiger partial charge in [-0.3, -0.25) is 4.98 Å². The van der Waals surface area contributed by atoms with E-state index in [1.165, 1.54) is 0 Å². The van der Waals surface area contributed by atoms with E-state index in [0.717, 1.165) is 5.56 Å². The molecule has 0 saturated carbocycles. The summed E-state index contributed by atoms with van der Waals surface area (Å²) in [4.78, 5) is 4.07. The third-order valence-electron chi connectivity index (χ3n) is 2.10. The van der Waals surface area contributed by atoms with Crippen molar-refractivity contribution in [1.82, 2.24) is 4.98 Å². The molecule has 0 bridgehead atoms. The van der Waals surface area contributed by atoms with Gasteiger partial charge in [0.1, 0.15) is 5.75 Å². The highest BCUT2D eigenvalue weighted by atomic mass is 32.2. The number of pyridine rings is 1. The van der Waals surface area contributed by atoms with E-state index in [9.17, 15) is 5.11 Å². The molecule has 1 rings (SSSR count). The molecule has 1 N–H and O–H groups in total. The standard InChI is InChI=1S/C13H21NO2S/c1-5-16-11-6-10(7-14-8-11)12(15)9-17-13(2,3)4/h6-8,12,15H,5,9H2,1-4H3. The minimum absolute atomic E-state index is 0.159. The summed E-state index contributed by atoms with van der Waals surface area (Å²) in [5.74, 6) is 1.38. The minimum Gasteiger partial charge on any atom is -0.492 e. The van der Waals surface area contributed by atoms with E-state index in [0.29, 0.717) is 18.1 Å². The molecule has 0 fully saturated rings. The maximum atomic E-state index is 10.1. The molecule has 0 saturated heterocycles. The van der Waals surface area contributed by atoms with Gasteiger partial charge in [-0.05, 0) is 13.0 Å². The average molecular weight is 255 g/mol. The van der Waals surface area contributed by atoms with Gasteiger partial charge in [0.05, 0.1) is 18.9 Å². The van der Waals surface area contributed by atoms with Gasteiger partial charge >= 0.3 is 0 Å². The second kappa shape index (κ2) is 6.26. The number of ether oxygens (including phenoxy) is 1. The number of aromatic nitrogens is 1. The largest absolute Gasteiger partial charge is 0.492 e. The fraction of sp³-hybridized carbons (Fsp3) is 0.615. The van der Waals surface area contributed by atoms with Gasteiger partial charge in [0.2, 0.25) is 0 Å². The van der Waals surface area contributed by atoms with Gasteiger partial charge in [0.15, 0.2) is 0 Å². The lowest BCUT2D eigenvalue weighted by Gasteiger charge is -2.20. The van der Waals surface area contributed by atoms with E-state index in [1.54, 1.807) is 24.2 Å². The highest BCUT2D eigenvalue weighted by Gasteiger charge is 2.15. The lowest BCUT2D eigenvalue weighted by molar-refractivity contribution is 0.202. The van der Waals surface area contributed by atoms with Crippen molar-refractivity contribution in [2.24, 2.45) is 0 Å². The van der Waals surface area contributed by atoms with Crippen molar-refractivity contribution in [3.8, 4) is 5.75 Å². The van der Waals surface area contributed by atoms with Crippen molar-refractivity contribution >= 4 is 11.8 Å². The van der Waals surface area contributed by atoms with E-state index >= 15 is 0 Å². The van der Waals surface area contributed by atoms with Gasteiger partial charge in [0.25, 0.3) is 0 Å². The highest BCUT2D eigenvalue weighted by Crippen LogP contribution is 2.28. The van der Waals surface area contributed by atoms with Crippen molar-refractivity contribution in [3.05, 3.63) is 24.0 Å². The van der Waals surface area contributed by atoms with Crippen LogP contribution in [0.1, 0.15) is 39.4 Å². The quantitative estimate of drug-likeness (QED) is 0.878. The Labute approximate surface area is 108 Å². The number of thioether (sulfide) groups is 1. The van der Waals surface area contributed by atoms with E-state index in [4.69, 9.17) is 4.74 Å². The molecule has 96 valence electrons. The summed E-state index contributed by atoms with van der Waals surface area (Å²) in [7, 11) is 0. The molecule has 0 amide bonds. The molecule has 1 aromatic heterocycles. The molecule has 0 spiro atoms. The molecule has 1 heterocycles. The Morgan fingerprint density at radius 3 is 2.71 bits per heavy atom. The molecule has 0 aromatic carbocycles. The van der Waals surface area contributed by atoms with Crippen molar-refractivity contribution in [2.75, 3.05) is 12.4 Å². The maximum Gasteiger partial charge on any atom is 0.137 e. The molecule has 1 unspecified atom stereocenters. The topological polar surface area (TPSA) is 42.4 Å². The van der Waals surface area contributed by atoms with Gasteiger partial charge in [-0.25, -0.2) is 0 Å². The minimum atomic E-state index is -0.493. The van der Waals surface area contributed by atoms with E-state index in [1.807, 2.05) is 13.0 Å². The fourth-order valence-electron chi connectivity index (χ4n) is 1.29. The number of aliphatic hydroxyl groups excluding tert-OH is 1. The van der Waals surface area contributed by atoms with Crippen LogP contribution in [0.2, 0.25) is 0 Å². The number of aliphatic hydroxyl groups is 1. The van der Waals surface area contributed by atoms with Crippen LogP contribution in [0.5, 0.6) is 5.75 Å². The third kappa shape index (κ3) is 5.41. The van der Waals surface area contributed by atoms with E-state index in [-0.39, 0.29) is 4.75 Å². The van der Waals surface area contributed by atoms with Crippen molar-refractivity contribution in [1.29, 1.82) is 0 Å². The smallest absolute Gasteiger partial charge is 0.137 e. The first-order valence-electron chi connectivity index (χ1n) is 5.82. The Morgan fingerprint density at radius 1 is 1.41 bits per heavy atom. The van der Waals surface area contributed by atoms with Crippen LogP contribution in [0.15, 0.2) is 18.5 Å². The Balaban J connectivity index is 2.62. The lowest BCUT2D eigenvalue weighted by atomic mass is 10.2. The Hall–Kier alpha value is -0.740. The summed E-state index contributed by atoms with van der Waals surface area (Å²) in [6.07, 6.45) is 2.86. The number of hydrogen-bond acceptors (Lipinski definition) is 4. The molecule has 4 heteroatoms. The first-order valence-corrected chi connectivity index (χ1v) is 6.80. The molecule has 1 aromatic rings. The first-order chi connectivity index (χ1) is 7.92. The fourth-order valence-corrected chi connectivity index (χ4v) is 2.14. The molecule has 0 aliphatic rings. The molecule has 1 atom stereocenters. The zero-order chi connectivity index (χ0) is 12.9.